The van der Waals surface area contributed by atoms with Gasteiger partial charge in [0.1, 0.15) is 0 Å². The van der Waals surface area contributed by atoms with Crippen LogP contribution in [0.25, 0.3) is 0 Å². The highest BCUT2D eigenvalue weighted by Gasteiger charge is 2.29. The molecule has 3 amide bonds. The molecule has 4 N–H and O–H groups in total. The minimum absolute atomic E-state index is 0.0300. The molecule has 0 bridgehead atoms. The van der Waals surface area contributed by atoms with E-state index in [9.17, 15) is 9.59 Å². The second kappa shape index (κ2) is 5.73. The number of nitrogens with zero attached hydrogens (tertiary/aromatic N) is 1. The Morgan fingerprint density at radius 3 is 2.67 bits per heavy atom. The van der Waals surface area contributed by atoms with Crippen LogP contribution >= 0.6 is 0 Å². The third kappa shape index (κ3) is 3.33. The average molecular weight is 288 g/mol. The summed E-state index contributed by atoms with van der Waals surface area (Å²) in [5, 5.41) is 5.60. The number of hydrogen-bond acceptors (Lipinski definition) is 3. The third-order valence-corrected chi connectivity index (χ3v) is 3.97. The van der Waals surface area contributed by atoms with E-state index in [-0.39, 0.29) is 18.0 Å². The van der Waals surface area contributed by atoms with Crippen LogP contribution in [0.5, 0.6) is 0 Å². The van der Waals surface area contributed by atoms with Crippen molar-refractivity contribution in [3.63, 3.8) is 0 Å². The lowest BCUT2D eigenvalue weighted by Crippen LogP contribution is -2.29. The number of rotatable bonds is 5. The molecule has 1 aliphatic heterocycles. The van der Waals surface area contributed by atoms with E-state index in [2.05, 4.69) is 10.6 Å². The van der Waals surface area contributed by atoms with Crippen molar-refractivity contribution in [1.29, 1.82) is 0 Å². The topological polar surface area (TPSA) is 87.5 Å². The zero-order chi connectivity index (χ0) is 14.8. The van der Waals surface area contributed by atoms with Crippen LogP contribution in [0.4, 0.5) is 16.2 Å². The SMILES string of the molecule is NC(CC(=O)Nc1ccc(N2CCNC2=O)cc1)C1CC1. The molecule has 1 saturated carbocycles. The Morgan fingerprint density at radius 2 is 2.10 bits per heavy atom. The molecule has 0 radical (unpaired) electrons. The predicted octanol–water partition coefficient (Wildman–Crippen LogP) is 1.28. The molecule has 1 heterocycles. The Hall–Kier alpha value is -2.08. The average Bonchev–Trinajstić information content (AvgIpc) is 3.22. The molecule has 2 aliphatic rings. The van der Waals surface area contributed by atoms with E-state index in [0.29, 0.717) is 25.4 Å². The van der Waals surface area contributed by atoms with Crippen molar-refractivity contribution in [3.8, 4) is 0 Å². The first kappa shape index (κ1) is 13.9. The highest BCUT2D eigenvalue weighted by atomic mass is 16.2. The zero-order valence-corrected chi connectivity index (χ0v) is 11.8. The van der Waals surface area contributed by atoms with Gasteiger partial charge < -0.3 is 16.4 Å². The largest absolute Gasteiger partial charge is 0.336 e. The van der Waals surface area contributed by atoms with Gasteiger partial charge >= 0.3 is 6.03 Å². The molecule has 0 spiro atoms. The number of nitrogens with one attached hydrogen (secondary N) is 2. The molecule has 0 aromatic heterocycles. The van der Waals surface area contributed by atoms with Gasteiger partial charge in [-0.1, -0.05) is 0 Å². The first-order valence-electron chi connectivity index (χ1n) is 7.34. The van der Waals surface area contributed by atoms with Crippen molar-refractivity contribution >= 4 is 23.3 Å². The van der Waals surface area contributed by atoms with Crippen LogP contribution in [0.1, 0.15) is 19.3 Å². The van der Waals surface area contributed by atoms with Gasteiger partial charge in [0.05, 0.1) is 0 Å². The summed E-state index contributed by atoms with van der Waals surface area (Å²) in [4.78, 5) is 25.1. The van der Waals surface area contributed by atoms with Crippen LogP contribution in [-0.4, -0.2) is 31.1 Å². The number of amides is 3. The molecule has 1 aromatic carbocycles. The van der Waals surface area contributed by atoms with E-state index < -0.39 is 0 Å². The first-order chi connectivity index (χ1) is 10.1. The second-order valence-corrected chi connectivity index (χ2v) is 5.68. The van der Waals surface area contributed by atoms with Gasteiger partial charge in [-0.25, -0.2) is 4.79 Å². The Balaban J connectivity index is 1.56. The fraction of sp³-hybridized carbons (Fsp3) is 0.467. The number of benzene rings is 1. The van der Waals surface area contributed by atoms with Crippen molar-refractivity contribution in [3.05, 3.63) is 24.3 Å². The van der Waals surface area contributed by atoms with Crippen molar-refractivity contribution < 1.29 is 9.59 Å². The number of carbonyl (C=O) groups excluding carboxylic acids is 2. The molecule has 1 unspecified atom stereocenters. The highest BCUT2D eigenvalue weighted by molar-refractivity contribution is 5.95. The molecule has 1 aliphatic carbocycles. The molecule has 6 nitrogen and oxygen atoms in total. The zero-order valence-electron chi connectivity index (χ0n) is 11.8. The molecular formula is C15H20N4O2. The fourth-order valence-electron chi connectivity index (χ4n) is 2.56. The number of hydrogen-bond donors (Lipinski definition) is 3. The minimum Gasteiger partial charge on any atom is -0.336 e. The van der Waals surface area contributed by atoms with E-state index in [1.807, 2.05) is 24.3 Å². The summed E-state index contributed by atoms with van der Waals surface area (Å²) in [6.45, 7) is 1.33. The predicted molar refractivity (Wildman–Crippen MR) is 81.1 cm³/mol. The Labute approximate surface area is 123 Å². The maximum Gasteiger partial charge on any atom is 0.321 e. The van der Waals surface area contributed by atoms with Crippen LogP contribution in [0.2, 0.25) is 0 Å². The number of nitrogens with two attached hydrogens (primary N) is 1. The lowest BCUT2D eigenvalue weighted by Gasteiger charge is -2.15. The summed E-state index contributed by atoms with van der Waals surface area (Å²) >= 11 is 0. The van der Waals surface area contributed by atoms with E-state index in [4.69, 9.17) is 5.73 Å². The van der Waals surface area contributed by atoms with E-state index >= 15 is 0 Å². The lowest BCUT2D eigenvalue weighted by molar-refractivity contribution is -0.116. The van der Waals surface area contributed by atoms with Crippen molar-refractivity contribution in [2.24, 2.45) is 11.7 Å². The maximum atomic E-state index is 11.9. The smallest absolute Gasteiger partial charge is 0.321 e. The van der Waals surface area contributed by atoms with Gasteiger partial charge in [0.25, 0.3) is 0 Å². The molecule has 1 aromatic rings. The van der Waals surface area contributed by atoms with Crippen LogP contribution in [0.15, 0.2) is 24.3 Å². The van der Waals surface area contributed by atoms with Crippen molar-refractivity contribution in [1.82, 2.24) is 5.32 Å². The van der Waals surface area contributed by atoms with E-state index in [1.165, 1.54) is 0 Å². The summed E-state index contributed by atoms with van der Waals surface area (Å²) < 4.78 is 0. The van der Waals surface area contributed by atoms with Crippen LogP contribution in [0.3, 0.4) is 0 Å². The summed E-state index contributed by atoms with van der Waals surface area (Å²) in [6, 6.07) is 7.17. The quantitative estimate of drug-likeness (QED) is 0.762. The number of carbonyl (C=O) groups is 2. The monoisotopic (exact) mass is 288 g/mol. The van der Waals surface area contributed by atoms with Crippen LogP contribution in [-0.2, 0) is 4.79 Å². The van der Waals surface area contributed by atoms with Gasteiger partial charge in [0, 0.05) is 36.9 Å². The van der Waals surface area contributed by atoms with Gasteiger partial charge in [-0.15, -0.1) is 0 Å². The summed E-state index contributed by atoms with van der Waals surface area (Å²) in [5.74, 6) is 0.466. The Kier molecular flexibility index (Phi) is 3.79. The van der Waals surface area contributed by atoms with E-state index in [1.54, 1.807) is 4.90 Å². The van der Waals surface area contributed by atoms with Gasteiger partial charge in [0.2, 0.25) is 5.91 Å². The van der Waals surface area contributed by atoms with Crippen LogP contribution in [0, 0.1) is 5.92 Å². The molecule has 1 atom stereocenters. The maximum absolute atomic E-state index is 11.9. The van der Waals surface area contributed by atoms with Crippen molar-refractivity contribution in [2.45, 2.75) is 25.3 Å². The molecule has 1 saturated heterocycles. The number of anilines is 2. The lowest BCUT2D eigenvalue weighted by atomic mass is 10.1. The molecule has 112 valence electrons. The third-order valence-electron chi connectivity index (χ3n) is 3.97. The summed E-state index contributed by atoms with van der Waals surface area (Å²) in [7, 11) is 0. The summed E-state index contributed by atoms with van der Waals surface area (Å²) in [6.07, 6.45) is 2.64. The fourth-order valence-corrected chi connectivity index (χ4v) is 2.56. The van der Waals surface area contributed by atoms with Gasteiger partial charge in [-0.2, -0.15) is 0 Å². The highest BCUT2D eigenvalue weighted by Crippen LogP contribution is 2.32. The Morgan fingerprint density at radius 1 is 1.38 bits per heavy atom. The standard InChI is InChI=1S/C15H20N4O2/c16-13(10-1-2-10)9-14(20)18-11-3-5-12(6-4-11)19-8-7-17-15(19)21/h3-6,10,13H,1-2,7-9,16H2,(H,17,21)(H,18,20). The molecular weight excluding hydrogens is 268 g/mol. The van der Waals surface area contributed by atoms with Crippen LogP contribution < -0.4 is 21.3 Å². The second-order valence-electron chi connectivity index (χ2n) is 5.68. The molecule has 21 heavy (non-hydrogen) atoms. The van der Waals surface area contributed by atoms with E-state index in [0.717, 1.165) is 24.2 Å². The molecule has 2 fully saturated rings. The number of urea groups is 1. The van der Waals surface area contributed by atoms with Gasteiger partial charge in [-0.3, -0.25) is 9.69 Å². The normalized spacial score (nSPS) is 19.3. The van der Waals surface area contributed by atoms with Gasteiger partial charge in [0.15, 0.2) is 0 Å². The first-order valence-corrected chi connectivity index (χ1v) is 7.34. The Bertz CT molecular complexity index is 539. The molecule has 3 rings (SSSR count). The minimum atomic E-state index is -0.0813. The summed E-state index contributed by atoms with van der Waals surface area (Å²) in [5.41, 5.74) is 7.50. The van der Waals surface area contributed by atoms with Gasteiger partial charge in [-0.05, 0) is 43.0 Å². The molecule has 6 heteroatoms. The van der Waals surface area contributed by atoms with Crippen molar-refractivity contribution in [2.75, 3.05) is 23.3 Å².